The highest BCUT2D eigenvalue weighted by atomic mass is 14.0. The van der Waals surface area contributed by atoms with E-state index in [2.05, 4.69) is 58.0 Å². The van der Waals surface area contributed by atoms with Crippen LogP contribution in [0.2, 0.25) is 0 Å². The molecule has 1 rings (SSSR count). The van der Waals surface area contributed by atoms with Crippen molar-refractivity contribution >= 4 is 6.08 Å². The van der Waals surface area contributed by atoms with Crippen LogP contribution in [0.4, 0.5) is 0 Å². The molecule has 0 heterocycles. The van der Waals surface area contributed by atoms with Crippen LogP contribution in [0.3, 0.4) is 0 Å². The lowest BCUT2D eigenvalue weighted by Crippen LogP contribution is -1.85. The van der Waals surface area contributed by atoms with Crippen LogP contribution in [-0.4, -0.2) is 0 Å². The number of aryl methyl sites for hydroxylation is 1. The van der Waals surface area contributed by atoms with E-state index in [-0.39, 0.29) is 0 Å². The largest absolute Gasteiger partial charge is 0.0814 e. The smallest absolute Gasteiger partial charge is 0.0228 e. The van der Waals surface area contributed by atoms with Crippen molar-refractivity contribution in [3.8, 4) is 0 Å². The molecule has 0 unspecified atom stereocenters. The van der Waals surface area contributed by atoms with Crippen LogP contribution in [0.5, 0.6) is 0 Å². The first kappa shape index (κ1) is 14.0. The number of benzene rings is 1. The van der Waals surface area contributed by atoms with E-state index in [1.54, 1.807) is 0 Å². The molecule has 0 nitrogen and oxygen atoms in total. The van der Waals surface area contributed by atoms with Crippen molar-refractivity contribution in [2.45, 2.75) is 41.5 Å². The molecule has 0 aliphatic carbocycles. The topological polar surface area (TPSA) is 0 Å². The van der Waals surface area contributed by atoms with Crippen LogP contribution in [0.25, 0.3) is 6.08 Å². The van der Waals surface area contributed by atoms with Crippen LogP contribution < -0.4 is 0 Å². The molecule has 0 aliphatic heterocycles. The van der Waals surface area contributed by atoms with Crippen molar-refractivity contribution in [2.75, 3.05) is 0 Å². The second kappa shape index (κ2) is 7.28. The van der Waals surface area contributed by atoms with E-state index in [1.165, 1.54) is 16.7 Å². The Morgan fingerprint density at radius 3 is 2.20 bits per heavy atom. The Hall–Kier alpha value is -1.04. The summed E-state index contributed by atoms with van der Waals surface area (Å²) in [5.74, 6) is 0.625. The molecule has 0 saturated carbocycles. The average molecular weight is 204 g/mol. The van der Waals surface area contributed by atoms with E-state index in [9.17, 15) is 0 Å². The van der Waals surface area contributed by atoms with Crippen molar-refractivity contribution in [3.63, 3.8) is 0 Å². The van der Waals surface area contributed by atoms with E-state index in [1.807, 2.05) is 13.8 Å². The molecule has 84 valence electrons. The SMILES string of the molecule is CC.Cc1cccc(/C=C\C(C)C)c1C. The number of allylic oxidation sites excluding steroid dienone is 1. The molecule has 0 amide bonds. The van der Waals surface area contributed by atoms with Crippen LogP contribution in [0.1, 0.15) is 44.4 Å². The Bertz CT molecular complexity index is 306. The molecular weight excluding hydrogens is 180 g/mol. The minimum Gasteiger partial charge on any atom is -0.0814 e. The normalized spacial score (nSPS) is 10.3. The van der Waals surface area contributed by atoms with Gasteiger partial charge in [0.25, 0.3) is 0 Å². The Balaban J connectivity index is 0.000000921. The Morgan fingerprint density at radius 2 is 1.67 bits per heavy atom. The molecule has 0 aliphatic rings. The molecule has 1 aromatic rings. The lowest BCUT2D eigenvalue weighted by atomic mass is 10.0. The standard InChI is InChI=1S/C13H18.C2H6/c1-10(2)8-9-13-7-5-6-11(3)12(13)4;1-2/h5-10H,1-4H3;1-2H3/b9-8-;. The second-order valence-electron chi connectivity index (χ2n) is 3.89. The molecule has 1 aromatic carbocycles. The first-order valence-corrected chi connectivity index (χ1v) is 5.85. The van der Waals surface area contributed by atoms with Crippen molar-refractivity contribution in [2.24, 2.45) is 5.92 Å². The van der Waals surface area contributed by atoms with Gasteiger partial charge >= 0.3 is 0 Å². The van der Waals surface area contributed by atoms with Crippen molar-refractivity contribution < 1.29 is 0 Å². The van der Waals surface area contributed by atoms with Gasteiger partial charge in [0.05, 0.1) is 0 Å². The highest BCUT2D eigenvalue weighted by molar-refractivity contribution is 5.55. The summed E-state index contributed by atoms with van der Waals surface area (Å²) in [5, 5.41) is 0. The minimum atomic E-state index is 0.625. The van der Waals surface area contributed by atoms with Crippen molar-refractivity contribution in [1.29, 1.82) is 0 Å². The monoisotopic (exact) mass is 204 g/mol. The van der Waals surface area contributed by atoms with Gasteiger partial charge in [0.15, 0.2) is 0 Å². The summed E-state index contributed by atoms with van der Waals surface area (Å²) in [4.78, 5) is 0. The van der Waals surface area contributed by atoms with Crippen LogP contribution in [0.15, 0.2) is 24.3 Å². The van der Waals surface area contributed by atoms with Gasteiger partial charge in [-0.1, -0.05) is 58.0 Å². The van der Waals surface area contributed by atoms with Gasteiger partial charge in [0, 0.05) is 0 Å². The maximum Gasteiger partial charge on any atom is -0.0228 e. The zero-order chi connectivity index (χ0) is 11.8. The minimum absolute atomic E-state index is 0.625. The third kappa shape index (κ3) is 4.83. The fraction of sp³-hybridized carbons (Fsp3) is 0.467. The molecule has 0 fully saturated rings. The average Bonchev–Trinajstić information content (AvgIpc) is 2.23. The Labute approximate surface area is 95.0 Å². The molecule has 0 N–H and O–H groups in total. The number of hydrogen-bond acceptors (Lipinski definition) is 0. The quantitative estimate of drug-likeness (QED) is 0.636. The highest BCUT2D eigenvalue weighted by Gasteiger charge is 1.96. The van der Waals surface area contributed by atoms with Gasteiger partial charge in [-0.3, -0.25) is 0 Å². The highest BCUT2D eigenvalue weighted by Crippen LogP contribution is 2.14. The molecule has 0 aromatic heterocycles. The van der Waals surface area contributed by atoms with Gasteiger partial charge in [-0.15, -0.1) is 0 Å². The van der Waals surface area contributed by atoms with Gasteiger partial charge in [-0.25, -0.2) is 0 Å². The molecule has 0 bridgehead atoms. The lowest BCUT2D eigenvalue weighted by Gasteiger charge is -2.04. The third-order valence-electron chi connectivity index (χ3n) is 2.31. The van der Waals surface area contributed by atoms with E-state index < -0.39 is 0 Å². The van der Waals surface area contributed by atoms with Crippen molar-refractivity contribution in [3.05, 3.63) is 41.0 Å². The number of rotatable bonds is 2. The Kier molecular flexibility index (Phi) is 6.77. The van der Waals surface area contributed by atoms with E-state index in [0.717, 1.165) is 0 Å². The van der Waals surface area contributed by atoms with Gasteiger partial charge < -0.3 is 0 Å². The van der Waals surface area contributed by atoms with Gasteiger partial charge in [-0.05, 0) is 36.5 Å². The van der Waals surface area contributed by atoms with E-state index >= 15 is 0 Å². The zero-order valence-electron chi connectivity index (χ0n) is 11.0. The van der Waals surface area contributed by atoms with Gasteiger partial charge in [-0.2, -0.15) is 0 Å². The fourth-order valence-electron chi connectivity index (χ4n) is 1.25. The molecule has 0 heteroatoms. The van der Waals surface area contributed by atoms with E-state index in [4.69, 9.17) is 0 Å². The lowest BCUT2D eigenvalue weighted by molar-refractivity contribution is 0.836. The summed E-state index contributed by atoms with van der Waals surface area (Å²) in [6.45, 7) is 12.7. The predicted molar refractivity (Wildman–Crippen MR) is 71.1 cm³/mol. The molecule has 0 spiro atoms. The van der Waals surface area contributed by atoms with Gasteiger partial charge in [0.1, 0.15) is 0 Å². The Morgan fingerprint density at radius 1 is 1.07 bits per heavy atom. The van der Waals surface area contributed by atoms with Crippen molar-refractivity contribution in [1.82, 2.24) is 0 Å². The van der Waals surface area contributed by atoms with Crippen LogP contribution >= 0.6 is 0 Å². The summed E-state index contributed by atoms with van der Waals surface area (Å²) in [6.07, 6.45) is 4.45. The summed E-state index contributed by atoms with van der Waals surface area (Å²) in [7, 11) is 0. The molecule has 0 atom stereocenters. The van der Waals surface area contributed by atoms with Crippen LogP contribution in [-0.2, 0) is 0 Å². The third-order valence-corrected chi connectivity index (χ3v) is 2.31. The molecule has 0 saturated heterocycles. The summed E-state index contributed by atoms with van der Waals surface area (Å²) >= 11 is 0. The fourth-order valence-corrected chi connectivity index (χ4v) is 1.25. The zero-order valence-corrected chi connectivity index (χ0v) is 11.0. The summed E-state index contributed by atoms with van der Waals surface area (Å²) < 4.78 is 0. The van der Waals surface area contributed by atoms with Crippen LogP contribution in [0, 0.1) is 19.8 Å². The maximum absolute atomic E-state index is 2.24. The first-order valence-electron chi connectivity index (χ1n) is 5.85. The summed E-state index contributed by atoms with van der Waals surface area (Å²) in [5.41, 5.74) is 4.10. The molecular formula is C15H24. The first-order chi connectivity index (χ1) is 7.11. The van der Waals surface area contributed by atoms with E-state index in [0.29, 0.717) is 5.92 Å². The molecule has 0 radical (unpaired) electrons. The summed E-state index contributed by atoms with van der Waals surface area (Å²) in [6, 6.07) is 6.44. The second-order valence-corrected chi connectivity index (χ2v) is 3.89. The maximum atomic E-state index is 2.24. The number of hydrogen-bond donors (Lipinski definition) is 0. The predicted octanol–water partition coefficient (Wildman–Crippen LogP) is 5.00. The van der Waals surface area contributed by atoms with Gasteiger partial charge in [0.2, 0.25) is 0 Å². The molecule has 15 heavy (non-hydrogen) atoms.